The molecule has 0 radical (unpaired) electrons. The molecule has 0 saturated carbocycles. The Morgan fingerprint density at radius 3 is 3.07 bits per heavy atom. The van der Waals surface area contributed by atoms with Crippen molar-refractivity contribution in [2.45, 2.75) is 6.42 Å². The number of thiophene rings is 1. The number of hydrogen-bond donors (Lipinski definition) is 0. The van der Waals surface area contributed by atoms with Crippen LogP contribution in [-0.4, -0.2) is 19.5 Å². The van der Waals surface area contributed by atoms with E-state index in [9.17, 15) is 4.79 Å². The van der Waals surface area contributed by atoms with E-state index >= 15 is 0 Å². The molecule has 0 unspecified atom stereocenters. The first-order valence-corrected chi connectivity index (χ1v) is 5.19. The summed E-state index contributed by atoms with van der Waals surface area (Å²) in [6.45, 7) is 0.615. The Bertz CT molecular complexity index is 378. The molecule has 0 aromatic carbocycles. The molecule has 2 heterocycles. The smallest absolute Gasteiger partial charge is 0.237 e. The lowest BCUT2D eigenvalue weighted by Gasteiger charge is -1.99. The van der Waals surface area contributed by atoms with Crippen LogP contribution in [0.1, 0.15) is 16.1 Å². The van der Waals surface area contributed by atoms with E-state index in [4.69, 9.17) is 9.47 Å². The van der Waals surface area contributed by atoms with Crippen molar-refractivity contribution in [3.05, 3.63) is 28.2 Å². The van der Waals surface area contributed by atoms with Crippen molar-refractivity contribution in [2.75, 3.05) is 13.7 Å². The first-order chi connectivity index (χ1) is 6.81. The van der Waals surface area contributed by atoms with Gasteiger partial charge in [-0.15, -0.1) is 11.3 Å². The lowest BCUT2D eigenvalue weighted by Crippen LogP contribution is -2.01. The van der Waals surface area contributed by atoms with Crippen molar-refractivity contribution < 1.29 is 14.3 Å². The summed E-state index contributed by atoms with van der Waals surface area (Å²) < 4.78 is 10.2. The molecule has 2 rings (SSSR count). The van der Waals surface area contributed by atoms with Gasteiger partial charge in [-0.2, -0.15) is 0 Å². The number of rotatable bonds is 3. The minimum Gasteiger partial charge on any atom is -0.496 e. The van der Waals surface area contributed by atoms with E-state index in [0.29, 0.717) is 17.2 Å². The Morgan fingerprint density at radius 2 is 2.50 bits per heavy atom. The SMILES string of the molecule is COc1csc(C(=O)C2=CCCO2)c1. The third kappa shape index (κ3) is 1.65. The Morgan fingerprint density at radius 1 is 1.64 bits per heavy atom. The molecule has 74 valence electrons. The van der Waals surface area contributed by atoms with Gasteiger partial charge in [-0.25, -0.2) is 0 Å². The van der Waals surface area contributed by atoms with E-state index in [1.807, 2.05) is 11.5 Å². The number of allylic oxidation sites excluding steroid dienone is 1. The van der Waals surface area contributed by atoms with Crippen molar-refractivity contribution in [3.8, 4) is 5.75 Å². The zero-order valence-electron chi connectivity index (χ0n) is 7.78. The van der Waals surface area contributed by atoms with Gasteiger partial charge in [0.2, 0.25) is 5.78 Å². The molecule has 3 nitrogen and oxygen atoms in total. The van der Waals surface area contributed by atoms with Gasteiger partial charge in [-0.3, -0.25) is 4.79 Å². The van der Waals surface area contributed by atoms with Crippen LogP contribution in [0.2, 0.25) is 0 Å². The summed E-state index contributed by atoms with van der Waals surface area (Å²) in [4.78, 5) is 12.4. The predicted molar refractivity (Wildman–Crippen MR) is 53.9 cm³/mol. The van der Waals surface area contributed by atoms with E-state index in [-0.39, 0.29) is 5.78 Å². The molecule has 1 aromatic rings. The summed E-state index contributed by atoms with van der Waals surface area (Å²) >= 11 is 1.37. The summed E-state index contributed by atoms with van der Waals surface area (Å²) in [6.07, 6.45) is 2.65. The maximum absolute atomic E-state index is 11.7. The van der Waals surface area contributed by atoms with Crippen LogP contribution >= 0.6 is 11.3 Å². The lowest BCUT2D eigenvalue weighted by molar-refractivity contribution is 0.0946. The molecule has 0 fully saturated rings. The monoisotopic (exact) mass is 210 g/mol. The number of methoxy groups -OCH3 is 1. The minimum absolute atomic E-state index is 0.0456. The molecule has 0 amide bonds. The zero-order valence-corrected chi connectivity index (χ0v) is 8.60. The van der Waals surface area contributed by atoms with Gasteiger partial charge in [-0.05, 0) is 6.08 Å². The molecule has 0 bridgehead atoms. The van der Waals surface area contributed by atoms with E-state index < -0.39 is 0 Å². The molecule has 4 heteroatoms. The summed E-state index contributed by atoms with van der Waals surface area (Å²) in [6, 6.07) is 1.73. The highest BCUT2D eigenvalue weighted by atomic mass is 32.1. The average Bonchev–Trinajstić information content (AvgIpc) is 2.88. The highest BCUT2D eigenvalue weighted by Crippen LogP contribution is 2.25. The van der Waals surface area contributed by atoms with Crippen molar-refractivity contribution >= 4 is 17.1 Å². The normalized spacial score (nSPS) is 14.8. The number of Topliss-reactive ketones (excluding diaryl/α,β-unsaturated/α-hetero) is 1. The topological polar surface area (TPSA) is 35.5 Å². The fourth-order valence-corrected chi connectivity index (χ4v) is 2.04. The van der Waals surface area contributed by atoms with Crippen LogP contribution in [0.4, 0.5) is 0 Å². The average molecular weight is 210 g/mol. The van der Waals surface area contributed by atoms with E-state index in [1.165, 1.54) is 11.3 Å². The lowest BCUT2D eigenvalue weighted by atomic mass is 10.2. The van der Waals surface area contributed by atoms with Crippen LogP contribution in [0.3, 0.4) is 0 Å². The van der Waals surface area contributed by atoms with Crippen LogP contribution in [0.15, 0.2) is 23.3 Å². The van der Waals surface area contributed by atoms with Gasteiger partial charge in [0.25, 0.3) is 0 Å². The largest absolute Gasteiger partial charge is 0.496 e. The molecule has 0 aliphatic carbocycles. The van der Waals surface area contributed by atoms with Crippen LogP contribution < -0.4 is 4.74 Å². The molecule has 0 atom stereocenters. The Balaban J connectivity index is 2.18. The second-order valence-electron chi connectivity index (χ2n) is 2.89. The van der Waals surface area contributed by atoms with Crippen LogP contribution in [0, 0.1) is 0 Å². The Kier molecular flexibility index (Phi) is 2.54. The number of ether oxygens (including phenoxy) is 2. The maximum atomic E-state index is 11.7. The molecular weight excluding hydrogens is 200 g/mol. The van der Waals surface area contributed by atoms with Crippen LogP contribution in [0.25, 0.3) is 0 Å². The highest BCUT2D eigenvalue weighted by molar-refractivity contribution is 7.12. The van der Waals surface area contributed by atoms with Gasteiger partial charge in [-0.1, -0.05) is 0 Å². The number of hydrogen-bond acceptors (Lipinski definition) is 4. The zero-order chi connectivity index (χ0) is 9.97. The third-order valence-electron chi connectivity index (χ3n) is 1.96. The number of carbonyl (C=O) groups is 1. The number of carbonyl (C=O) groups excluding carboxylic acids is 1. The molecular formula is C10H10O3S. The fraction of sp³-hybridized carbons (Fsp3) is 0.300. The Hall–Kier alpha value is -1.29. The first kappa shape index (κ1) is 9.27. The van der Waals surface area contributed by atoms with Crippen molar-refractivity contribution in [3.63, 3.8) is 0 Å². The Labute approximate surface area is 86.0 Å². The van der Waals surface area contributed by atoms with E-state index in [0.717, 1.165) is 12.2 Å². The van der Waals surface area contributed by atoms with E-state index in [1.54, 1.807) is 13.2 Å². The molecule has 0 N–H and O–H groups in total. The van der Waals surface area contributed by atoms with Gasteiger partial charge in [0.1, 0.15) is 5.75 Å². The van der Waals surface area contributed by atoms with Gasteiger partial charge >= 0.3 is 0 Å². The standard InChI is InChI=1S/C10H10O3S/c1-12-7-5-9(14-6-7)10(11)8-3-2-4-13-8/h3,5-6H,2,4H2,1H3. The van der Waals surface area contributed by atoms with Crippen LogP contribution in [-0.2, 0) is 4.74 Å². The second-order valence-corrected chi connectivity index (χ2v) is 3.80. The summed E-state index contributed by atoms with van der Waals surface area (Å²) in [5, 5.41) is 1.81. The molecule has 1 aromatic heterocycles. The molecule has 14 heavy (non-hydrogen) atoms. The highest BCUT2D eigenvalue weighted by Gasteiger charge is 2.18. The summed E-state index contributed by atoms with van der Waals surface area (Å²) in [5.74, 6) is 1.14. The van der Waals surface area contributed by atoms with Gasteiger partial charge in [0.15, 0.2) is 5.76 Å². The third-order valence-corrected chi connectivity index (χ3v) is 2.87. The molecule has 0 saturated heterocycles. The minimum atomic E-state index is -0.0456. The fourth-order valence-electron chi connectivity index (χ4n) is 1.24. The second kappa shape index (κ2) is 3.84. The van der Waals surface area contributed by atoms with Crippen molar-refractivity contribution in [2.24, 2.45) is 0 Å². The molecule has 1 aliphatic heterocycles. The van der Waals surface area contributed by atoms with Crippen molar-refractivity contribution in [1.29, 1.82) is 0 Å². The first-order valence-electron chi connectivity index (χ1n) is 4.31. The summed E-state index contributed by atoms with van der Waals surface area (Å²) in [5.41, 5.74) is 0. The number of ketones is 1. The van der Waals surface area contributed by atoms with Crippen molar-refractivity contribution in [1.82, 2.24) is 0 Å². The van der Waals surface area contributed by atoms with Gasteiger partial charge in [0.05, 0.1) is 18.6 Å². The maximum Gasteiger partial charge on any atom is 0.237 e. The van der Waals surface area contributed by atoms with Gasteiger partial charge < -0.3 is 9.47 Å². The van der Waals surface area contributed by atoms with E-state index in [2.05, 4.69) is 0 Å². The van der Waals surface area contributed by atoms with Crippen LogP contribution in [0.5, 0.6) is 5.75 Å². The predicted octanol–water partition coefficient (Wildman–Crippen LogP) is 2.24. The molecule has 1 aliphatic rings. The quantitative estimate of drug-likeness (QED) is 0.718. The van der Waals surface area contributed by atoms with Gasteiger partial charge in [0, 0.05) is 17.9 Å². The summed E-state index contributed by atoms with van der Waals surface area (Å²) in [7, 11) is 1.58. The molecule has 0 spiro atoms.